The Morgan fingerprint density at radius 3 is 2.59 bits per heavy atom. The van der Waals surface area contributed by atoms with Crippen LogP contribution in [0.3, 0.4) is 0 Å². The molecule has 1 aromatic rings. The molecule has 0 saturated carbocycles. The van der Waals surface area contributed by atoms with Crippen LogP contribution in [0.15, 0.2) is 18.3 Å². The minimum absolute atomic E-state index is 0.176. The van der Waals surface area contributed by atoms with E-state index in [4.69, 9.17) is 0 Å². The van der Waals surface area contributed by atoms with Crippen LogP contribution in [0.4, 0.5) is 13.2 Å². The largest absolute Gasteiger partial charge is 0.467 e. The summed E-state index contributed by atoms with van der Waals surface area (Å²) in [4.78, 5) is 28.6. The van der Waals surface area contributed by atoms with Gasteiger partial charge in [0.1, 0.15) is 11.6 Å². The van der Waals surface area contributed by atoms with Crippen LogP contribution in [0.25, 0.3) is 0 Å². The van der Waals surface area contributed by atoms with Crippen molar-refractivity contribution in [3.8, 4) is 5.88 Å². The number of carbonyl (C=O) groups is 2. The number of ether oxygens (including phenoxy) is 1. The quantitative estimate of drug-likeness (QED) is 0.886. The van der Waals surface area contributed by atoms with Crippen LogP contribution in [0.2, 0.25) is 0 Å². The summed E-state index contributed by atoms with van der Waals surface area (Å²) in [5.41, 5.74) is -0.176. The van der Waals surface area contributed by atoms with E-state index in [1.54, 1.807) is 0 Å². The zero-order valence-corrected chi connectivity index (χ0v) is 12.3. The fraction of sp³-hybridized carbons (Fsp3) is 0.462. The Morgan fingerprint density at radius 2 is 2.05 bits per heavy atom. The summed E-state index contributed by atoms with van der Waals surface area (Å²) in [7, 11) is 3.04. The standard InChI is InChI=1S/C13H16F3N3O3/c1-8(12(21)19(2)3)18-10(20)9-5-4-6-17-11(9)22-7-13(14,15)16/h4-6,8H,7H2,1-3H3,(H,18,20)/t8-/m0/s1. The van der Waals surface area contributed by atoms with Gasteiger partial charge in [-0.1, -0.05) is 0 Å². The third-order valence-electron chi connectivity index (χ3n) is 2.55. The molecule has 9 heteroatoms. The van der Waals surface area contributed by atoms with Gasteiger partial charge in [-0.15, -0.1) is 0 Å². The van der Waals surface area contributed by atoms with E-state index < -0.39 is 30.6 Å². The Bertz CT molecular complexity index is 547. The molecule has 1 heterocycles. The number of aromatic nitrogens is 1. The Kier molecular flexibility index (Phi) is 5.72. The van der Waals surface area contributed by atoms with E-state index in [0.29, 0.717) is 0 Å². The highest BCUT2D eigenvalue weighted by molar-refractivity contribution is 5.99. The first kappa shape index (κ1) is 17.7. The number of pyridine rings is 1. The van der Waals surface area contributed by atoms with Gasteiger partial charge in [0.2, 0.25) is 11.8 Å². The molecule has 0 bridgehead atoms. The van der Waals surface area contributed by atoms with E-state index in [9.17, 15) is 22.8 Å². The van der Waals surface area contributed by atoms with Gasteiger partial charge in [-0.3, -0.25) is 9.59 Å². The number of nitrogens with one attached hydrogen (secondary N) is 1. The monoisotopic (exact) mass is 319 g/mol. The number of likely N-dealkylation sites (N-methyl/N-ethyl adjacent to an activating group) is 1. The lowest BCUT2D eigenvalue weighted by atomic mass is 10.2. The average molecular weight is 319 g/mol. The van der Waals surface area contributed by atoms with Crippen LogP contribution < -0.4 is 10.1 Å². The molecule has 2 amide bonds. The highest BCUT2D eigenvalue weighted by atomic mass is 19.4. The fourth-order valence-corrected chi connectivity index (χ4v) is 1.55. The minimum Gasteiger partial charge on any atom is -0.467 e. The summed E-state index contributed by atoms with van der Waals surface area (Å²) in [5, 5.41) is 2.38. The molecule has 0 spiro atoms. The predicted molar refractivity (Wildman–Crippen MR) is 71.4 cm³/mol. The number of carbonyl (C=O) groups excluding carboxylic acids is 2. The van der Waals surface area contributed by atoms with Gasteiger partial charge in [0.25, 0.3) is 5.91 Å². The normalized spacial score (nSPS) is 12.5. The first-order valence-corrected chi connectivity index (χ1v) is 6.28. The molecule has 0 aliphatic carbocycles. The van der Waals surface area contributed by atoms with Crippen LogP contribution in [0.1, 0.15) is 17.3 Å². The number of hydrogen-bond donors (Lipinski definition) is 1. The summed E-state index contributed by atoms with van der Waals surface area (Å²) in [6.45, 7) is -0.0939. The highest BCUT2D eigenvalue weighted by Crippen LogP contribution is 2.20. The van der Waals surface area contributed by atoms with E-state index in [1.165, 1.54) is 44.2 Å². The van der Waals surface area contributed by atoms with Gasteiger partial charge < -0.3 is 15.0 Å². The van der Waals surface area contributed by atoms with E-state index in [-0.39, 0.29) is 11.5 Å². The summed E-state index contributed by atoms with van der Waals surface area (Å²) < 4.78 is 41.0. The molecule has 1 aromatic heterocycles. The third kappa shape index (κ3) is 5.23. The molecule has 0 saturated heterocycles. The molecule has 1 rings (SSSR count). The van der Waals surface area contributed by atoms with Crippen LogP contribution >= 0.6 is 0 Å². The van der Waals surface area contributed by atoms with E-state index in [0.717, 1.165) is 0 Å². The van der Waals surface area contributed by atoms with Crippen molar-refractivity contribution >= 4 is 11.8 Å². The Hall–Kier alpha value is -2.32. The Labute approximate surface area is 125 Å². The molecular weight excluding hydrogens is 303 g/mol. The summed E-state index contributed by atoms with van der Waals surface area (Å²) in [5.74, 6) is -1.54. The van der Waals surface area contributed by atoms with Crippen LogP contribution in [-0.4, -0.2) is 54.6 Å². The summed E-state index contributed by atoms with van der Waals surface area (Å²) in [6.07, 6.45) is -3.34. The lowest BCUT2D eigenvalue weighted by molar-refractivity contribution is -0.154. The molecule has 1 N–H and O–H groups in total. The van der Waals surface area contributed by atoms with Gasteiger partial charge in [-0.2, -0.15) is 13.2 Å². The third-order valence-corrected chi connectivity index (χ3v) is 2.55. The molecule has 1 atom stereocenters. The van der Waals surface area contributed by atoms with Gasteiger partial charge in [-0.05, 0) is 19.1 Å². The maximum absolute atomic E-state index is 12.2. The van der Waals surface area contributed by atoms with E-state index in [1.807, 2.05) is 0 Å². The first-order chi connectivity index (χ1) is 10.1. The molecule has 22 heavy (non-hydrogen) atoms. The second kappa shape index (κ2) is 7.10. The number of amides is 2. The van der Waals surface area contributed by atoms with Crippen molar-refractivity contribution in [1.82, 2.24) is 15.2 Å². The summed E-state index contributed by atoms with van der Waals surface area (Å²) >= 11 is 0. The SMILES string of the molecule is C[C@H](NC(=O)c1cccnc1OCC(F)(F)F)C(=O)N(C)C. The Morgan fingerprint density at radius 1 is 1.41 bits per heavy atom. The van der Waals surface area contributed by atoms with Crippen LogP contribution in [-0.2, 0) is 4.79 Å². The van der Waals surface area contributed by atoms with Crippen LogP contribution in [0.5, 0.6) is 5.88 Å². The molecule has 0 fully saturated rings. The summed E-state index contributed by atoms with van der Waals surface area (Å²) in [6, 6.07) is 1.81. The van der Waals surface area contributed by atoms with Gasteiger partial charge in [0, 0.05) is 20.3 Å². The smallest absolute Gasteiger partial charge is 0.422 e. The molecule has 0 unspecified atom stereocenters. The average Bonchev–Trinajstić information content (AvgIpc) is 2.43. The highest BCUT2D eigenvalue weighted by Gasteiger charge is 2.30. The number of hydrogen-bond acceptors (Lipinski definition) is 4. The number of halogens is 3. The molecule has 122 valence electrons. The van der Waals surface area contributed by atoms with Gasteiger partial charge in [-0.25, -0.2) is 4.98 Å². The number of nitrogens with zero attached hydrogens (tertiary/aromatic N) is 2. The molecule has 0 aromatic carbocycles. The van der Waals surface area contributed by atoms with Crippen molar-refractivity contribution in [1.29, 1.82) is 0 Å². The Balaban J connectivity index is 2.83. The van der Waals surface area contributed by atoms with Crippen LogP contribution in [0, 0.1) is 0 Å². The maximum Gasteiger partial charge on any atom is 0.422 e. The zero-order valence-electron chi connectivity index (χ0n) is 12.3. The topological polar surface area (TPSA) is 71.5 Å². The van der Waals surface area contributed by atoms with E-state index >= 15 is 0 Å². The minimum atomic E-state index is -4.54. The lowest BCUT2D eigenvalue weighted by Gasteiger charge is -2.18. The maximum atomic E-state index is 12.2. The van der Waals surface area contributed by atoms with Gasteiger partial charge in [0.05, 0.1) is 0 Å². The van der Waals surface area contributed by atoms with Crippen molar-refractivity contribution in [3.05, 3.63) is 23.9 Å². The van der Waals surface area contributed by atoms with Crippen molar-refractivity contribution in [2.45, 2.75) is 19.1 Å². The van der Waals surface area contributed by atoms with Crippen molar-refractivity contribution < 1.29 is 27.5 Å². The van der Waals surface area contributed by atoms with E-state index in [2.05, 4.69) is 15.0 Å². The fourth-order valence-electron chi connectivity index (χ4n) is 1.55. The lowest BCUT2D eigenvalue weighted by Crippen LogP contribution is -2.44. The second-order valence-electron chi connectivity index (χ2n) is 4.69. The molecular formula is C13H16F3N3O3. The van der Waals surface area contributed by atoms with Gasteiger partial charge >= 0.3 is 6.18 Å². The second-order valence-corrected chi connectivity index (χ2v) is 4.69. The molecule has 6 nitrogen and oxygen atoms in total. The van der Waals surface area contributed by atoms with Crippen molar-refractivity contribution in [2.75, 3.05) is 20.7 Å². The number of rotatable bonds is 5. The first-order valence-electron chi connectivity index (χ1n) is 6.28. The molecule has 0 aliphatic heterocycles. The molecule has 0 radical (unpaired) electrons. The van der Waals surface area contributed by atoms with Gasteiger partial charge in [0.15, 0.2) is 6.61 Å². The predicted octanol–water partition coefficient (Wildman–Crippen LogP) is 1.23. The van der Waals surface area contributed by atoms with Crippen molar-refractivity contribution in [2.24, 2.45) is 0 Å². The molecule has 0 aliphatic rings. The zero-order chi connectivity index (χ0) is 16.9. The number of alkyl halides is 3. The van der Waals surface area contributed by atoms with Crippen molar-refractivity contribution in [3.63, 3.8) is 0 Å².